The zero-order valence-electron chi connectivity index (χ0n) is 8.41. The van der Waals surface area contributed by atoms with E-state index in [-0.39, 0.29) is 0 Å². The molecule has 0 amide bonds. The lowest BCUT2D eigenvalue weighted by molar-refractivity contribution is 0.498. The lowest BCUT2D eigenvalue weighted by atomic mass is 9.98. The van der Waals surface area contributed by atoms with Crippen LogP contribution in [-0.2, 0) is 7.05 Å². The summed E-state index contributed by atoms with van der Waals surface area (Å²) in [4.78, 5) is 4.33. The molecule has 0 aliphatic heterocycles. The molecule has 0 saturated heterocycles. The monoisotopic (exact) mass is 166 g/mol. The number of rotatable bonds is 3. The van der Waals surface area contributed by atoms with E-state index in [0.29, 0.717) is 5.92 Å². The van der Waals surface area contributed by atoms with Crippen molar-refractivity contribution in [1.29, 1.82) is 0 Å². The fourth-order valence-corrected chi connectivity index (χ4v) is 1.66. The van der Waals surface area contributed by atoms with Crippen LogP contribution < -0.4 is 0 Å². The first kappa shape index (κ1) is 9.30. The molecular formula is C10H18N2. The van der Waals surface area contributed by atoms with Gasteiger partial charge in [-0.2, -0.15) is 0 Å². The fraction of sp³-hybridized carbons (Fsp3) is 0.700. The van der Waals surface area contributed by atoms with Crippen molar-refractivity contribution in [2.75, 3.05) is 0 Å². The molecule has 0 saturated carbocycles. The third-order valence-electron chi connectivity index (χ3n) is 2.12. The van der Waals surface area contributed by atoms with Crippen LogP contribution in [-0.4, -0.2) is 9.55 Å². The van der Waals surface area contributed by atoms with Crippen LogP contribution in [0.1, 0.15) is 38.9 Å². The molecule has 12 heavy (non-hydrogen) atoms. The molecule has 0 radical (unpaired) electrons. The summed E-state index contributed by atoms with van der Waals surface area (Å²) in [7, 11) is 2.05. The average molecular weight is 166 g/mol. The minimum absolute atomic E-state index is 0.574. The molecule has 2 nitrogen and oxygen atoms in total. The Kier molecular flexibility index (Phi) is 2.90. The predicted octanol–water partition coefficient (Wildman–Crippen LogP) is 2.57. The summed E-state index contributed by atoms with van der Waals surface area (Å²) < 4.78 is 2.10. The van der Waals surface area contributed by atoms with Gasteiger partial charge in [0.25, 0.3) is 0 Å². The number of hydrogen-bond acceptors (Lipinski definition) is 1. The number of hydrogen-bond donors (Lipinski definition) is 0. The number of aryl methyl sites for hydroxylation is 1. The molecule has 1 aromatic rings. The zero-order valence-corrected chi connectivity index (χ0v) is 8.41. The van der Waals surface area contributed by atoms with Crippen molar-refractivity contribution in [3.8, 4) is 0 Å². The molecule has 1 unspecified atom stereocenters. The number of nitrogens with zero attached hydrogens (tertiary/aromatic N) is 2. The first-order chi connectivity index (χ1) is 5.61. The molecule has 1 heterocycles. The molecule has 0 aliphatic carbocycles. The van der Waals surface area contributed by atoms with Gasteiger partial charge in [0.2, 0.25) is 0 Å². The Morgan fingerprint density at radius 1 is 1.42 bits per heavy atom. The Morgan fingerprint density at radius 3 is 2.50 bits per heavy atom. The Labute approximate surface area is 74.6 Å². The third kappa shape index (κ3) is 2.10. The smallest absolute Gasteiger partial charge is 0.111 e. The molecule has 1 atom stereocenters. The maximum atomic E-state index is 4.33. The molecule has 68 valence electrons. The third-order valence-corrected chi connectivity index (χ3v) is 2.12. The summed E-state index contributed by atoms with van der Waals surface area (Å²) in [5.41, 5.74) is 0. The first-order valence-corrected chi connectivity index (χ1v) is 4.58. The van der Waals surface area contributed by atoms with E-state index in [1.807, 2.05) is 12.4 Å². The van der Waals surface area contributed by atoms with E-state index >= 15 is 0 Å². The van der Waals surface area contributed by atoms with Crippen LogP contribution in [0, 0.1) is 5.92 Å². The van der Waals surface area contributed by atoms with Crippen molar-refractivity contribution in [1.82, 2.24) is 9.55 Å². The van der Waals surface area contributed by atoms with Crippen LogP contribution in [0.5, 0.6) is 0 Å². The van der Waals surface area contributed by atoms with E-state index in [1.165, 1.54) is 12.2 Å². The Bertz CT molecular complexity index is 238. The quantitative estimate of drug-likeness (QED) is 0.674. The van der Waals surface area contributed by atoms with Crippen LogP contribution in [0.15, 0.2) is 12.4 Å². The zero-order chi connectivity index (χ0) is 9.14. The summed E-state index contributed by atoms with van der Waals surface area (Å²) in [5, 5.41) is 0. The Hall–Kier alpha value is -0.790. The van der Waals surface area contributed by atoms with Crippen molar-refractivity contribution >= 4 is 0 Å². The minimum atomic E-state index is 0.574. The largest absolute Gasteiger partial charge is 0.338 e. The second kappa shape index (κ2) is 3.74. The highest BCUT2D eigenvalue weighted by Gasteiger charge is 2.11. The minimum Gasteiger partial charge on any atom is -0.338 e. The van der Waals surface area contributed by atoms with Crippen LogP contribution in [0.4, 0.5) is 0 Å². The van der Waals surface area contributed by atoms with Gasteiger partial charge in [-0.25, -0.2) is 4.98 Å². The second-order valence-electron chi connectivity index (χ2n) is 3.93. The predicted molar refractivity (Wildman–Crippen MR) is 51.1 cm³/mol. The number of imidazole rings is 1. The van der Waals surface area contributed by atoms with Crippen LogP contribution in [0.25, 0.3) is 0 Å². The van der Waals surface area contributed by atoms with E-state index < -0.39 is 0 Å². The van der Waals surface area contributed by atoms with Crippen molar-refractivity contribution in [3.63, 3.8) is 0 Å². The van der Waals surface area contributed by atoms with Gasteiger partial charge in [0, 0.05) is 25.4 Å². The van der Waals surface area contributed by atoms with Crippen LogP contribution in [0.2, 0.25) is 0 Å². The lowest BCUT2D eigenvalue weighted by Crippen LogP contribution is -2.05. The van der Waals surface area contributed by atoms with Crippen LogP contribution >= 0.6 is 0 Å². The van der Waals surface area contributed by atoms with Gasteiger partial charge in [0.1, 0.15) is 5.82 Å². The number of aromatic nitrogens is 2. The highest BCUT2D eigenvalue weighted by Crippen LogP contribution is 2.20. The molecule has 0 bridgehead atoms. The maximum absolute atomic E-state index is 4.33. The van der Waals surface area contributed by atoms with E-state index in [2.05, 4.69) is 37.4 Å². The average Bonchev–Trinajstić information content (AvgIpc) is 2.33. The molecule has 2 heteroatoms. The highest BCUT2D eigenvalue weighted by molar-refractivity contribution is 4.98. The van der Waals surface area contributed by atoms with Gasteiger partial charge < -0.3 is 4.57 Å². The van der Waals surface area contributed by atoms with Crippen molar-refractivity contribution in [3.05, 3.63) is 18.2 Å². The van der Waals surface area contributed by atoms with Gasteiger partial charge in [0.15, 0.2) is 0 Å². The lowest BCUT2D eigenvalue weighted by Gasteiger charge is -2.13. The fourth-order valence-electron chi connectivity index (χ4n) is 1.66. The molecule has 0 N–H and O–H groups in total. The van der Waals surface area contributed by atoms with E-state index in [9.17, 15) is 0 Å². The van der Waals surface area contributed by atoms with Gasteiger partial charge in [-0.3, -0.25) is 0 Å². The Balaban J connectivity index is 2.65. The van der Waals surface area contributed by atoms with Gasteiger partial charge in [-0.15, -0.1) is 0 Å². The van der Waals surface area contributed by atoms with Gasteiger partial charge in [-0.05, 0) is 12.3 Å². The molecule has 1 aromatic heterocycles. The van der Waals surface area contributed by atoms with Crippen molar-refractivity contribution in [2.45, 2.75) is 33.1 Å². The summed E-state index contributed by atoms with van der Waals surface area (Å²) in [6.07, 6.45) is 5.09. The molecule has 0 aromatic carbocycles. The topological polar surface area (TPSA) is 17.8 Å². The maximum Gasteiger partial charge on any atom is 0.111 e. The SMILES string of the molecule is CC(C)CC(C)c1nccn1C. The molecule has 0 spiro atoms. The summed E-state index contributed by atoms with van der Waals surface area (Å²) in [5.74, 6) is 2.52. The second-order valence-corrected chi connectivity index (χ2v) is 3.93. The molecule has 1 rings (SSSR count). The standard InChI is InChI=1S/C10H18N2/c1-8(2)7-9(3)10-11-5-6-12(10)4/h5-6,8-9H,7H2,1-4H3. The van der Waals surface area contributed by atoms with E-state index in [1.54, 1.807) is 0 Å². The molecule has 0 aliphatic rings. The van der Waals surface area contributed by atoms with Crippen LogP contribution in [0.3, 0.4) is 0 Å². The molecular weight excluding hydrogens is 148 g/mol. The van der Waals surface area contributed by atoms with Crippen molar-refractivity contribution < 1.29 is 0 Å². The summed E-state index contributed by atoms with van der Waals surface area (Å²) in [6, 6.07) is 0. The van der Waals surface area contributed by atoms with E-state index in [4.69, 9.17) is 0 Å². The van der Waals surface area contributed by atoms with Gasteiger partial charge >= 0.3 is 0 Å². The Morgan fingerprint density at radius 2 is 2.08 bits per heavy atom. The van der Waals surface area contributed by atoms with E-state index in [0.717, 1.165) is 5.92 Å². The van der Waals surface area contributed by atoms with Gasteiger partial charge in [0.05, 0.1) is 0 Å². The summed E-state index contributed by atoms with van der Waals surface area (Å²) >= 11 is 0. The first-order valence-electron chi connectivity index (χ1n) is 4.58. The van der Waals surface area contributed by atoms with Gasteiger partial charge in [-0.1, -0.05) is 20.8 Å². The van der Waals surface area contributed by atoms with Crippen molar-refractivity contribution in [2.24, 2.45) is 13.0 Å². The normalized spacial score (nSPS) is 13.8. The summed E-state index contributed by atoms with van der Waals surface area (Å²) in [6.45, 7) is 6.74. The molecule has 0 fully saturated rings. The highest BCUT2D eigenvalue weighted by atomic mass is 15.0.